The molecule has 17 heavy (non-hydrogen) atoms. The maximum Gasteiger partial charge on any atom is 0.0724 e. The van der Waals surface area contributed by atoms with Gasteiger partial charge in [-0.3, -0.25) is 0 Å². The van der Waals surface area contributed by atoms with Gasteiger partial charge in [0.2, 0.25) is 0 Å². The summed E-state index contributed by atoms with van der Waals surface area (Å²) in [4.78, 5) is 1.47. The molecule has 0 radical (unpaired) electrons. The van der Waals surface area contributed by atoms with Crippen LogP contribution in [0, 0.1) is 0 Å². The van der Waals surface area contributed by atoms with Gasteiger partial charge in [0.1, 0.15) is 0 Å². The van der Waals surface area contributed by atoms with Crippen LogP contribution in [0.25, 0.3) is 0 Å². The van der Waals surface area contributed by atoms with Crippen molar-refractivity contribution in [1.82, 2.24) is 5.32 Å². The Balaban J connectivity index is 2.45. The summed E-state index contributed by atoms with van der Waals surface area (Å²) < 4.78 is 5.62. The molecule has 2 unspecified atom stereocenters. The van der Waals surface area contributed by atoms with Crippen LogP contribution in [-0.4, -0.2) is 25.8 Å². The molecule has 98 valence electrons. The standard InChI is InChI=1S/C14H25NOS/c1-4-7-14(16-3)13(15-5-2)10-9-12-8-6-11-17-12/h6,8,11,13-15H,4-5,7,9-10H2,1-3H3. The van der Waals surface area contributed by atoms with Crippen LogP contribution in [0.5, 0.6) is 0 Å². The Labute approximate surface area is 109 Å². The van der Waals surface area contributed by atoms with E-state index in [1.807, 2.05) is 18.4 Å². The number of thiophene rings is 1. The van der Waals surface area contributed by atoms with Crippen LogP contribution in [0.2, 0.25) is 0 Å². The molecule has 0 saturated carbocycles. The zero-order chi connectivity index (χ0) is 12.5. The lowest BCUT2D eigenvalue weighted by molar-refractivity contribution is 0.0588. The Morgan fingerprint density at radius 1 is 1.35 bits per heavy atom. The molecule has 3 heteroatoms. The van der Waals surface area contributed by atoms with Crippen molar-refractivity contribution in [3.63, 3.8) is 0 Å². The quantitative estimate of drug-likeness (QED) is 0.729. The van der Waals surface area contributed by atoms with E-state index >= 15 is 0 Å². The fraction of sp³-hybridized carbons (Fsp3) is 0.714. The van der Waals surface area contributed by atoms with Crippen molar-refractivity contribution in [3.05, 3.63) is 22.4 Å². The fourth-order valence-electron chi connectivity index (χ4n) is 2.20. The largest absolute Gasteiger partial charge is 0.380 e. The van der Waals surface area contributed by atoms with Crippen molar-refractivity contribution < 1.29 is 4.74 Å². The second-order valence-electron chi connectivity index (χ2n) is 4.35. The van der Waals surface area contributed by atoms with E-state index in [4.69, 9.17) is 4.74 Å². The molecule has 1 aromatic rings. The molecular weight excluding hydrogens is 230 g/mol. The summed E-state index contributed by atoms with van der Waals surface area (Å²) in [5.41, 5.74) is 0. The number of likely N-dealkylation sites (N-methyl/N-ethyl adjacent to an activating group) is 1. The zero-order valence-electron chi connectivity index (χ0n) is 11.2. The third kappa shape index (κ3) is 5.19. The Kier molecular flexibility index (Phi) is 7.49. The van der Waals surface area contributed by atoms with Gasteiger partial charge in [0.15, 0.2) is 0 Å². The lowest BCUT2D eigenvalue weighted by Gasteiger charge is -2.26. The summed E-state index contributed by atoms with van der Waals surface area (Å²) in [5, 5.41) is 5.71. The molecule has 0 saturated heterocycles. The maximum atomic E-state index is 5.62. The number of aryl methyl sites for hydroxylation is 1. The first-order valence-corrected chi connectivity index (χ1v) is 7.48. The first-order chi connectivity index (χ1) is 8.31. The molecule has 1 N–H and O–H groups in total. The number of hydrogen-bond acceptors (Lipinski definition) is 3. The third-order valence-corrected chi connectivity index (χ3v) is 4.01. The van der Waals surface area contributed by atoms with Crippen LogP contribution in [0.1, 0.15) is 38.0 Å². The summed E-state index contributed by atoms with van der Waals surface area (Å²) in [6.07, 6.45) is 4.98. The molecule has 0 aliphatic carbocycles. The lowest BCUT2D eigenvalue weighted by Crippen LogP contribution is -2.41. The fourth-order valence-corrected chi connectivity index (χ4v) is 2.93. The van der Waals surface area contributed by atoms with E-state index in [-0.39, 0.29) is 0 Å². The molecule has 0 aliphatic rings. The van der Waals surface area contributed by atoms with Crippen molar-refractivity contribution in [2.24, 2.45) is 0 Å². The number of rotatable bonds is 9. The van der Waals surface area contributed by atoms with E-state index in [1.54, 1.807) is 0 Å². The van der Waals surface area contributed by atoms with Gasteiger partial charge in [-0.15, -0.1) is 11.3 Å². The second kappa shape index (κ2) is 8.67. The normalized spacial score (nSPS) is 14.8. The van der Waals surface area contributed by atoms with Crippen molar-refractivity contribution in [2.45, 2.75) is 51.7 Å². The Morgan fingerprint density at radius 2 is 2.18 bits per heavy atom. The van der Waals surface area contributed by atoms with Gasteiger partial charge < -0.3 is 10.1 Å². The Bertz CT molecular complexity index is 274. The van der Waals surface area contributed by atoms with Crippen molar-refractivity contribution in [2.75, 3.05) is 13.7 Å². The van der Waals surface area contributed by atoms with Crippen LogP contribution in [0.15, 0.2) is 17.5 Å². The van der Waals surface area contributed by atoms with Gasteiger partial charge in [-0.2, -0.15) is 0 Å². The smallest absolute Gasteiger partial charge is 0.0724 e. The summed E-state index contributed by atoms with van der Waals surface area (Å²) in [6, 6.07) is 4.82. The van der Waals surface area contributed by atoms with Crippen LogP contribution >= 0.6 is 11.3 Å². The third-order valence-electron chi connectivity index (χ3n) is 3.07. The highest BCUT2D eigenvalue weighted by Gasteiger charge is 2.19. The van der Waals surface area contributed by atoms with E-state index in [0.29, 0.717) is 12.1 Å². The molecule has 0 aliphatic heterocycles. The van der Waals surface area contributed by atoms with Crippen LogP contribution in [-0.2, 0) is 11.2 Å². The van der Waals surface area contributed by atoms with Crippen molar-refractivity contribution in [1.29, 1.82) is 0 Å². The lowest BCUT2D eigenvalue weighted by atomic mass is 10.0. The highest BCUT2D eigenvalue weighted by molar-refractivity contribution is 7.09. The highest BCUT2D eigenvalue weighted by atomic mass is 32.1. The predicted octanol–water partition coefficient (Wildman–Crippen LogP) is 3.47. The molecule has 2 nitrogen and oxygen atoms in total. The monoisotopic (exact) mass is 255 g/mol. The topological polar surface area (TPSA) is 21.3 Å². The van der Waals surface area contributed by atoms with Crippen molar-refractivity contribution >= 4 is 11.3 Å². The number of methoxy groups -OCH3 is 1. The van der Waals surface area contributed by atoms with Crippen LogP contribution < -0.4 is 5.32 Å². The Morgan fingerprint density at radius 3 is 2.71 bits per heavy atom. The van der Waals surface area contributed by atoms with E-state index in [0.717, 1.165) is 25.8 Å². The molecule has 1 aromatic heterocycles. The van der Waals surface area contributed by atoms with E-state index in [1.165, 1.54) is 11.3 Å². The van der Waals surface area contributed by atoms with Gasteiger partial charge in [0.25, 0.3) is 0 Å². The SMILES string of the molecule is CCCC(OC)C(CCc1cccs1)NCC. The summed E-state index contributed by atoms with van der Waals surface area (Å²) in [5.74, 6) is 0. The maximum absolute atomic E-state index is 5.62. The number of hydrogen-bond donors (Lipinski definition) is 1. The van der Waals surface area contributed by atoms with Gasteiger partial charge >= 0.3 is 0 Å². The average molecular weight is 255 g/mol. The molecule has 0 bridgehead atoms. The molecule has 1 heterocycles. The minimum Gasteiger partial charge on any atom is -0.380 e. The van der Waals surface area contributed by atoms with Gasteiger partial charge in [0, 0.05) is 18.0 Å². The number of ether oxygens (including phenoxy) is 1. The molecule has 2 atom stereocenters. The molecule has 0 fully saturated rings. The zero-order valence-corrected chi connectivity index (χ0v) is 12.1. The molecule has 0 spiro atoms. The molecule has 0 aromatic carbocycles. The first-order valence-electron chi connectivity index (χ1n) is 6.60. The average Bonchev–Trinajstić information content (AvgIpc) is 2.85. The minimum atomic E-state index is 0.347. The second-order valence-corrected chi connectivity index (χ2v) is 5.38. The molecule has 0 amide bonds. The van der Waals surface area contributed by atoms with Crippen LogP contribution in [0.4, 0.5) is 0 Å². The first kappa shape index (κ1) is 14.7. The summed E-state index contributed by atoms with van der Waals surface area (Å²) in [7, 11) is 1.83. The predicted molar refractivity (Wildman–Crippen MR) is 75.8 cm³/mol. The van der Waals surface area contributed by atoms with Gasteiger partial charge in [0.05, 0.1) is 6.10 Å². The van der Waals surface area contributed by atoms with E-state index in [9.17, 15) is 0 Å². The number of nitrogens with one attached hydrogen (secondary N) is 1. The van der Waals surface area contributed by atoms with Gasteiger partial charge in [-0.05, 0) is 37.3 Å². The molecular formula is C14H25NOS. The van der Waals surface area contributed by atoms with Gasteiger partial charge in [-0.1, -0.05) is 26.3 Å². The summed E-state index contributed by atoms with van der Waals surface area (Å²) >= 11 is 1.85. The minimum absolute atomic E-state index is 0.347. The molecule has 1 rings (SSSR count). The Hall–Kier alpha value is -0.380. The van der Waals surface area contributed by atoms with Crippen LogP contribution in [0.3, 0.4) is 0 Å². The van der Waals surface area contributed by atoms with Crippen molar-refractivity contribution in [3.8, 4) is 0 Å². The van der Waals surface area contributed by atoms with E-state index in [2.05, 4.69) is 36.7 Å². The van der Waals surface area contributed by atoms with E-state index < -0.39 is 0 Å². The van der Waals surface area contributed by atoms with Gasteiger partial charge in [-0.25, -0.2) is 0 Å². The summed E-state index contributed by atoms with van der Waals surface area (Å²) in [6.45, 7) is 5.39. The highest BCUT2D eigenvalue weighted by Crippen LogP contribution is 2.16.